The molecule has 0 spiro atoms. The molecule has 0 saturated heterocycles. The normalized spacial score (nSPS) is 16.0. The number of Topliss-reactive ketones (excluding diaryl/α,β-unsaturated/α-hetero) is 1. The SMILES string of the molecule is CC(NC(C)(C)C)C(=O)NC(C)C(=O)C(C)(C)C. The highest BCUT2D eigenvalue weighted by atomic mass is 16.2. The van der Waals surface area contributed by atoms with E-state index in [0.29, 0.717) is 0 Å². The van der Waals surface area contributed by atoms with Crippen LogP contribution in [0, 0.1) is 5.41 Å². The second-order valence-corrected chi connectivity index (χ2v) is 6.96. The van der Waals surface area contributed by atoms with E-state index in [1.807, 2.05) is 41.5 Å². The maximum absolute atomic E-state index is 12.0. The Labute approximate surface area is 111 Å². The summed E-state index contributed by atoms with van der Waals surface area (Å²) in [6.07, 6.45) is 0. The molecule has 4 heteroatoms. The molecule has 2 atom stereocenters. The van der Waals surface area contributed by atoms with Crippen LogP contribution in [-0.2, 0) is 9.59 Å². The maximum atomic E-state index is 12.0. The summed E-state index contributed by atoms with van der Waals surface area (Å²) in [6, 6.07) is -0.776. The lowest BCUT2D eigenvalue weighted by Gasteiger charge is -2.28. The third-order valence-corrected chi connectivity index (χ3v) is 2.53. The van der Waals surface area contributed by atoms with E-state index in [1.165, 1.54) is 0 Å². The van der Waals surface area contributed by atoms with Crippen LogP contribution in [0.5, 0.6) is 0 Å². The minimum Gasteiger partial charge on any atom is -0.345 e. The molecule has 0 aromatic heterocycles. The van der Waals surface area contributed by atoms with Crippen LogP contribution in [0.25, 0.3) is 0 Å². The van der Waals surface area contributed by atoms with Crippen molar-refractivity contribution in [2.75, 3.05) is 0 Å². The van der Waals surface area contributed by atoms with Crippen molar-refractivity contribution in [2.24, 2.45) is 5.41 Å². The quantitative estimate of drug-likeness (QED) is 0.807. The zero-order valence-corrected chi connectivity index (χ0v) is 13.0. The number of hydrogen-bond donors (Lipinski definition) is 2. The molecule has 0 aliphatic rings. The highest BCUT2D eigenvalue weighted by Crippen LogP contribution is 2.16. The summed E-state index contributed by atoms with van der Waals surface area (Å²) in [5.41, 5.74) is -0.568. The molecule has 0 fully saturated rings. The lowest BCUT2D eigenvalue weighted by molar-refractivity contribution is -0.132. The lowest BCUT2D eigenvalue weighted by atomic mass is 9.87. The van der Waals surface area contributed by atoms with Crippen molar-refractivity contribution in [1.29, 1.82) is 0 Å². The molecule has 0 saturated carbocycles. The predicted octanol–water partition coefficient (Wildman–Crippen LogP) is 1.88. The van der Waals surface area contributed by atoms with E-state index in [0.717, 1.165) is 0 Å². The van der Waals surface area contributed by atoms with E-state index in [1.54, 1.807) is 13.8 Å². The second kappa shape index (κ2) is 5.83. The highest BCUT2D eigenvalue weighted by molar-refractivity contribution is 5.93. The number of ketones is 1. The summed E-state index contributed by atoms with van der Waals surface area (Å²) in [4.78, 5) is 23.9. The first-order valence-corrected chi connectivity index (χ1v) is 6.47. The van der Waals surface area contributed by atoms with Crippen molar-refractivity contribution in [2.45, 2.75) is 73.0 Å². The Morgan fingerprint density at radius 3 is 1.67 bits per heavy atom. The van der Waals surface area contributed by atoms with Crippen molar-refractivity contribution < 1.29 is 9.59 Å². The Morgan fingerprint density at radius 1 is 0.889 bits per heavy atom. The third-order valence-electron chi connectivity index (χ3n) is 2.53. The van der Waals surface area contributed by atoms with Gasteiger partial charge >= 0.3 is 0 Å². The first-order valence-electron chi connectivity index (χ1n) is 6.47. The van der Waals surface area contributed by atoms with E-state index >= 15 is 0 Å². The molecule has 1 amide bonds. The molecule has 0 aromatic rings. The van der Waals surface area contributed by atoms with Crippen LogP contribution in [0.1, 0.15) is 55.4 Å². The Kier molecular flexibility index (Phi) is 5.54. The molecule has 0 aliphatic heterocycles. The lowest BCUT2D eigenvalue weighted by Crippen LogP contribution is -2.53. The fourth-order valence-electron chi connectivity index (χ4n) is 1.77. The molecular weight excluding hydrogens is 228 g/mol. The number of carbonyl (C=O) groups is 2. The predicted molar refractivity (Wildman–Crippen MR) is 74.4 cm³/mol. The van der Waals surface area contributed by atoms with Gasteiger partial charge in [0.2, 0.25) is 5.91 Å². The van der Waals surface area contributed by atoms with Crippen LogP contribution in [-0.4, -0.2) is 29.3 Å². The fourth-order valence-corrected chi connectivity index (χ4v) is 1.77. The Hall–Kier alpha value is -0.900. The molecule has 106 valence electrons. The first kappa shape index (κ1) is 17.1. The van der Waals surface area contributed by atoms with Gasteiger partial charge < -0.3 is 10.6 Å². The summed E-state index contributed by atoms with van der Waals surface area (Å²) >= 11 is 0. The average Bonchev–Trinajstić information content (AvgIpc) is 2.12. The van der Waals surface area contributed by atoms with Gasteiger partial charge in [0.05, 0.1) is 12.1 Å². The Balaban J connectivity index is 4.45. The largest absolute Gasteiger partial charge is 0.345 e. The molecule has 0 bridgehead atoms. The summed E-state index contributed by atoms with van der Waals surface area (Å²) < 4.78 is 0. The van der Waals surface area contributed by atoms with Gasteiger partial charge in [-0.2, -0.15) is 0 Å². The topological polar surface area (TPSA) is 58.2 Å². The molecular formula is C14H28N2O2. The highest BCUT2D eigenvalue weighted by Gasteiger charge is 2.29. The molecule has 0 heterocycles. The van der Waals surface area contributed by atoms with Gasteiger partial charge in [-0.1, -0.05) is 20.8 Å². The number of rotatable bonds is 4. The van der Waals surface area contributed by atoms with Crippen molar-refractivity contribution in [1.82, 2.24) is 10.6 Å². The minimum absolute atomic E-state index is 0.0406. The molecule has 2 unspecified atom stereocenters. The molecule has 0 aromatic carbocycles. The van der Waals surface area contributed by atoms with Crippen LogP contribution < -0.4 is 10.6 Å². The molecule has 0 rings (SSSR count). The van der Waals surface area contributed by atoms with Crippen molar-refractivity contribution in [3.63, 3.8) is 0 Å². The first-order chi connectivity index (χ1) is 7.84. The maximum Gasteiger partial charge on any atom is 0.237 e. The monoisotopic (exact) mass is 256 g/mol. The van der Waals surface area contributed by atoms with Gasteiger partial charge in [-0.3, -0.25) is 9.59 Å². The summed E-state index contributed by atoms with van der Waals surface area (Å²) in [6.45, 7) is 15.1. The van der Waals surface area contributed by atoms with Gasteiger partial charge in [0.25, 0.3) is 0 Å². The van der Waals surface area contributed by atoms with E-state index < -0.39 is 11.5 Å². The zero-order chi connectivity index (χ0) is 14.7. The molecule has 18 heavy (non-hydrogen) atoms. The number of carbonyl (C=O) groups excluding carboxylic acids is 2. The zero-order valence-electron chi connectivity index (χ0n) is 13.0. The Bertz CT molecular complexity index is 311. The minimum atomic E-state index is -0.457. The fraction of sp³-hybridized carbons (Fsp3) is 0.857. The molecule has 0 aliphatic carbocycles. The summed E-state index contributed by atoms with van der Waals surface area (Å²) in [7, 11) is 0. The van der Waals surface area contributed by atoms with Crippen LogP contribution >= 0.6 is 0 Å². The number of nitrogens with one attached hydrogen (secondary N) is 2. The van der Waals surface area contributed by atoms with Crippen LogP contribution in [0.3, 0.4) is 0 Å². The van der Waals surface area contributed by atoms with Crippen LogP contribution in [0.2, 0.25) is 0 Å². The molecule has 0 radical (unpaired) electrons. The molecule has 4 nitrogen and oxygen atoms in total. The van der Waals surface area contributed by atoms with Gasteiger partial charge in [0, 0.05) is 11.0 Å². The smallest absolute Gasteiger partial charge is 0.237 e. The van der Waals surface area contributed by atoms with Crippen molar-refractivity contribution >= 4 is 11.7 Å². The average molecular weight is 256 g/mol. The van der Waals surface area contributed by atoms with Crippen molar-refractivity contribution in [3.05, 3.63) is 0 Å². The van der Waals surface area contributed by atoms with Gasteiger partial charge in [-0.15, -0.1) is 0 Å². The Morgan fingerprint density at radius 2 is 1.33 bits per heavy atom. The third kappa shape index (κ3) is 6.15. The summed E-state index contributed by atoms with van der Waals surface area (Å²) in [5, 5.41) is 5.94. The standard InChI is InChI=1S/C14H28N2O2/c1-9(11(17)13(3,4)5)15-12(18)10(2)16-14(6,7)8/h9-10,16H,1-8H3,(H,15,18). The number of amides is 1. The molecule has 2 N–H and O–H groups in total. The van der Waals surface area contributed by atoms with E-state index in [2.05, 4.69) is 10.6 Å². The number of hydrogen-bond acceptors (Lipinski definition) is 3. The summed E-state index contributed by atoms with van der Waals surface area (Å²) in [5.74, 6) is -0.103. The van der Waals surface area contributed by atoms with Crippen LogP contribution in [0.4, 0.5) is 0 Å². The van der Waals surface area contributed by atoms with E-state index in [9.17, 15) is 9.59 Å². The van der Waals surface area contributed by atoms with E-state index in [4.69, 9.17) is 0 Å². The van der Waals surface area contributed by atoms with Gasteiger partial charge in [-0.25, -0.2) is 0 Å². The van der Waals surface area contributed by atoms with Gasteiger partial charge in [0.15, 0.2) is 5.78 Å². The van der Waals surface area contributed by atoms with Crippen molar-refractivity contribution in [3.8, 4) is 0 Å². The van der Waals surface area contributed by atoms with E-state index in [-0.39, 0.29) is 23.3 Å². The van der Waals surface area contributed by atoms with Gasteiger partial charge in [-0.05, 0) is 34.6 Å². The van der Waals surface area contributed by atoms with Gasteiger partial charge in [0.1, 0.15) is 0 Å². The van der Waals surface area contributed by atoms with Crippen LogP contribution in [0.15, 0.2) is 0 Å². The second-order valence-electron chi connectivity index (χ2n) is 6.96.